The first-order valence-corrected chi connectivity index (χ1v) is 9.55. The van der Waals surface area contributed by atoms with E-state index in [1.54, 1.807) is 22.8 Å². The van der Waals surface area contributed by atoms with Crippen LogP contribution in [0, 0.1) is 17.0 Å². The Bertz CT molecular complexity index is 722. The number of nitro groups is 1. The van der Waals surface area contributed by atoms with E-state index in [9.17, 15) is 19.7 Å². The highest BCUT2D eigenvalue weighted by Gasteiger charge is 2.27. The average Bonchev–Trinajstić information content (AvgIpc) is 2.68. The van der Waals surface area contributed by atoms with Crippen LogP contribution in [-0.2, 0) is 0 Å². The molecule has 0 spiro atoms. The second-order valence-electron chi connectivity index (χ2n) is 7.32. The summed E-state index contributed by atoms with van der Waals surface area (Å²) in [5.41, 5.74) is 0.922. The predicted octanol–water partition coefficient (Wildman–Crippen LogP) is 2.70. The van der Waals surface area contributed by atoms with E-state index in [1.807, 2.05) is 0 Å². The van der Waals surface area contributed by atoms with E-state index in [0.29, 0.717) is 37.3 Å². The number of amides is 3. The van der Waals surface area contributed by atoms with Crippen LogP contribution in [0.15, 0.2) is 18.2 Å². The second-order valence-corrected chi connectivity index (χ2v) is 7.32. The Hall–Kier alpha value is -2.64. The van der Waals surface area contributed by atoms with Crippen molar-refractivity contribution in [3.63, 3.8) is 0 Å². The molecule has 3 rings (SSSR count). The van der Waals surface area contributed by atoms with Gasteiger partial charge in [0, 0.05) is 49.4 Å². The molecule has 146 valence electrons. The van der Waals surface area contributed by atoms with Gasteiger partial charge in [-0.3, -0.25) is 14.9 Å². The molecule has 1 N–H and O–H groups in total. The summed E-state index contributed by atoms with van der Waals surface area (Å²) in [6, 6.07) is 4.66. The van der Waals surface area contributed by atoms with Gasteiger partial charge in [-0.15, -0.1) is 0 Å². The quantitative estimate of drug-likeness (QED) is 0.650. The number of carbonyl (C=O) groups is 2. The van der Waals surface area contributed by atoms with Crippen LogP contribution in [-0.4, -0.2) is 58.9 Å². The summed E-state index contributed by atoms with van der Waals surface area (Å²) in [5, 5.41) is 14.0. The van der Waals surface area contributed by atoms with Crippen LogP contribution in [0.3, 0.4) is 0 Å². The van der Waals surface area contributed by atoms with Crippen LogP contribution in [0.4, 0.5) is 10.5 Å². The van der Waals surface area contributed by atoms with Gasteiger partial charge >= 0.3 is 6.03 Å². The number of rotatable bonds is 3. The number of carbonyl (C=O) groups excluding carboxylic acids is 2. The van der Waals surface area contributed by atoms with Crippen molar-refractivity contribution in [2.24, 2.45) is 0 Å². The third kappa shape index (κ3) is 4.56. The highest BCUT2D eigenvalue weighted by atomic mass is 16.6. The van der Waals surface area contributed by atoms with Gasteiger partial charge < -0.3 is 15.1 Å². The summed E-state index contributed by atoms with van der Waals surface area (Å²) in [6.07, 6.45) is 5.67. The molecule has 2 aliphatic rings. The van der Waals surface area contributed by atoms with Crippen LogP contribution in [0.2, 0.25) is 0 Å². The fraction of sp³-hybridized carbons (Fsp3) is 0.579. The van der Waals surface area contributed by atoms with Crippen molar-refractivity contribution in [1.82, 2.24) is 15.1 Å². The number of benzene rings is 1. The van der Waals surface area contributed by atoms with E-state index in [1.165, 1.54) is 31.4 Å². The lowest BCUT2D eigenvalue weighted by Gasteiger charge is -2.36. The standard InChI is InChI=1S/C19H26N4O4/c1-14-13-15(7-8-17(14)23(26)27)18(24)21-9-11-22(12-10-21)19(25)20-16-5-3-2-4-6-16/h7-8,13,16H,2-6,9-12H2,1H3,(H,20,25). The molecular formula is C19H26N4O4. The smallest absolute Gasteiger partial charge is 0.317 e. The maximum atomic E-state index is 12.7. The van der Waals surface area contributed by atoms with Gasteiger partial charge in [-0.2, -0.15) is 0 Å². The summed E-state index contributed by atoms with van der Waals surface area (Å²) in [7, 11) is 0. The third-order valence-electron chi connectivity index (χ3n) is 5.43. The topological polar surface area (TPSA) is 95.8 Å². The van der Waals surface area contributed by atoms with Gasteiger partial charge in [-0.25, -0.2) is 4.79 Å². The largest absolute Gasteiger partial charge is 0.335 e. The monoisotopic (exact) mass is 374 g/mol. The number of hydrogen-bond donors (Lipinski definition) is 1. The van der Waals surface area contributed by atoms with Crippen molar-refractivity contribution in [2.75, 3.05) is 26.2 Å². The molecule has 0 bridgehead atoms. The zero-order chi connectivity index (χ0) is 19.4. The van der Waals surface area contributed by atoms with Crippen LogP contribution < -0.4 is 5.32 Å². The zero-order valence-corrected chi connectivity index (χ0v) is 15.6. The molecule has 8 nitrogen and oxygen atoms in total. The first-order chi connectivity index (χ1) is 13.0. The van der Waals surface area contributed by atoms with Gasteiger partial charge in [-0.1, -0.05) is 19.3 Å². The SMILES string of the molecule is Cc1cc(C(=O)N2CCN(C(=O)NC3CCCCC3)CC2)ccc1[N+](=O)[O-]. The molecule has 0 unspecified atom stereocenters. The number of hydrogen-bond acceptors (Lipinski definition) is 4. The highest BCUT2D eigenvalue weighted by Crippen LogP contribution is 2.21. The Balaban J connectivity index is 1.53. The van der Waals surface area contributed by atoms with Crippen molar-refractivity contribution >= 4 is 17.6 Å². The predicted molar refractivity (Wildman–Crippen MR) is 101 cm³/mol. The fourth-order valence-electron chi connectivity index (χ4n) is 3.80. The van der Waals surface area contributed by atoms with Crippen LogP contribution in [0.1, 0.15) is 48.0 Å². The maximum absolute atomic E-state index is 12.7. The van der Waals surface area contributed by atoms with Gasteiger partial charge in [0.1, 0.15) is 0 Å². The summed E-state index contributed by atoms with van der Waals surface area (Å²) in [6.45, 7) is 3.55. The van der Waals surface area contributed by atoms with Gasteiger partial charge in [0.05, 0.1) is 4.92 Å². The van der Waals surface area contributed by atoms with Crippen molar-refractivity contribution in [3.8, 4) is 0 Å². The van der Waals surface area contributed by atoms with Gasteiger partial charge in [0.25, 0.3) is 11.6 Å². The Morgan fingerprint density at radius 1 is 1.07 bits per heavy atom. The summed E-state index contributed by atoms with van der Waals surface area (Å²) in [4.78, 5) is 39.0. The maximum Gasteiger partial charge on any atom is 0.317 e. The van der Waals surface area contributed by atoms with E-state index in [0.717, 1.165) is 12.8 Å². The Morgan fingerprint density at radius 2 is 1.70 bits per heavy atom. The molecule has 1 saturated carbocycles. The lowest BCUT2D eigenvalue weighted by atomic mass is 9.96. The lowest BCUT2D eigenvalue weighted by Crippen LogP contribution is -2.54. The Kier molecular flexibility index (Phi) is 5.93. The molecule has 1 aliphatic carbocycles. The molecule has 2 fully saturated rings. The van der Waals surface area contributed by atoms with E-state index in [4.69, 9.17) is 0 Å². The lowest BCUT2D eigenvalue weighted by molar-refractivity contribution is -0.385. The molecule has 1 heterocycles. The number of nitrogens with zero attached hydrogens (tertiary/aromatic N) is 3. The molecule has 1 saturated heterocycles. The molecule has 0 aromatic heterocycles. The first-order valence-electron chi connectivity index (χ1n) is 9.55. The number of aryl methyl sites for hydroxylation is 1. The molecule has 1 aromatic rings. The van der Waals surface area contributed by atoms with Gasteiger partial charge in [0.2, 0.25) is 0 Å². The van der Waals surface area contributed by atoms with Crippen molar-refractivity contribution in [2.45, 2.75) is 45.1 Å². The minimum atomic E-state index is -0.451. The van der Waals surface area contributed by atoms with Crippen molar-refractivity contribution in [3.05, 3.63) is 39.4 Å². The van der Waals surface area contributed by atoms with E-state index < -0.39 is 4.92 Å². The first kappa shape index (κ1) is 19.1. The van der Waals surface area contributed by atoms with Crippen molar-refractivity contribution in [1.29, 1.82) is 0 Å². The van der Waals surface area contributed by atoms with E-state index >= 15 is 0 Å². The van der Waals surface area contributed by atoms with Gasteiger partial charge in [0.15, 0.2) is 0 Å². The molecule has 3 amide bonds. The molecule has 1 aliphatic heterocycles. The molecule has 8 heteroatoms. The van der Waals surface area contributed by atoms with Crippen LogP contribution in [0.5, 0.6) is 0 Å². The normalized spacial score (nSPS) is 18.3. The Labute approximate surface area is 158 Å². The highest BCUT2D eigenvalue weighted by molar-refractivity contribution is 5.95. The van der Waals surface area contributed by atoms with E-state index in [-0.39, 0.29) is 23.7 Å². The zero-order valence-electron chi connectivity index (χ0n) is 15.6. The van der Waals surface area contributed by atoms with Crippen LogP contribution in [0.25, 0.3) is 0 Å². The summed E-state index contributed by atoms with van der Waals surface area (Å²) in [5.74, 6) is -0.152. The number of urea groups is 1. The summed E-state index contributed by atoms with van der Waals surface area (Å²) >= 11 is 0. The molecule has 1 aromatic carbocycles. The van der Waals surface area contributed by atoms with Crippen LogP contribution >= 0.6 is 0 Å². The minimum Gasteiger partial charge on any atom is -0.335 e. The number of piperazine rings is 1. The summed E-state index contributed by atoms with van der Waals surface area (Å²) < 4.78 is 0. The molecule has 0 atom stereocenters. The molecule has 0 radical (unpaired) electrons. The molecule has 27 heavy (non-hydrogen) atoms. The average molecular weight is 374 g/mol. The minimum absolute atomic E-state index is 0.00996. The van der Waals surface area contributed by atoms with Gasteiger partial charge in [-0.05, 0) is 31.9 Å². The third-order valence-corrected chi connectivity index (χ3v) is 5.43. The Morgan fingerprint density at radius 3 is 2.30 bits per heavy atom. The number of nitrogens with one attached hydrogen (secondary N) is 1. The van der Waals surface area contributed by atoms with E-state index in [2.05, 4.69) is 5.32 Å². The van der Waals surface area contributed by atoms with Crippen molar-refractivity contribution < 1.29 is 14.5 Å². The fourth-order valence-corrected chi connectivity index (χ4v) is 3.80. The second kappa shape index (κ2) is 8.37. The number of nitro benzene ring substituents is 1. The molecular weight excluding hydrogens is 348 g/mol.